The third-order valence-corrected chi connectivity index (χ3v) is 7.76. The van der Waals surface area contributed by atoms with Crippen molar-refractivity contribution in [1.82, 2.24) is 29.6 Å². The topological polar surface area (TPSA) is 117 Å². The highest BCUT2D eigenvalue weighted by Gasteiger charge is 2.18. The minimum Gasteiger partial charge on any atom is -0.344 e. The Hall–Kier alpha value is -5.87. The van der Waals surface area contributed by atoms with Crippen LogP contribution < -0.4 is 16.0 Å². The van der Waals surface area contributed by atoms with Crippen molar-refractivity contribution in [3.8, 4) is 22.6 Å². The zero-order chi connectivity index (χ0) is 32.6. The number of benzene rings is 3. The lowest BCUT2D eigenvalue weighted by Gasteiger charge is -2.17. The summed E-state index contributed by atoms with van der Waals surface area (Å²) in [5.41, 5.74) is 7.49. The highest BCUT2D eigenvalue weighted by atomic mass is 16.2. The minimum absolute atomic E-state index is 0.0650. The van der Waals surface area contributed by atoms with E-state index < -0.39 is 0 Å². The summed E-state index contributed by atoms with van der Waals surface area (Å²) in [5, 5.41) is 9.24. The van der Waals surface area contributed by atoms with E-state index in [0.29, 0.717) is 36.8 Å². The molecular formula is C37H36N8O2. The Bertz CT molecular complexity index is 1990. The second-order valence-corrected chi connectivity index (χ2v) is 11.2. The third kappa shape index (κ3) is 7.69. The van der Waals surface area contributed by atoms with Crippen LogP contribution in [0.1, 0.15) is 11.1 Å². The van der Waals surface area contributed by atoms with Crippen molar-refractivity contribution in [2.45, 2.75) is 12.8 Å². The molecule has 3 aromatic heterocycles. The molecule has 3 heterocycles. The molecule has 0 spiro atoms. The maximum atomic E-state index is 12.8. The lowest BCUT2D eigenvalue weighted by Crippen LogP contribution is -2.35. The fourth-order valence-electron chi connectivity index (χ4n) is 5.31. The monoisotopic (exact) mass is 624 g/mol. The second kappa shape index (κ2) is 14.5. The average Bonchev–Trinajstić information content (AvgIpc) is 3.48. The van der Waals surface area contributed by atoms with Crippen molar-refractivity contribution < 1.29 is 9.59 Å². The molecule has 3 N–H and O–H groups in total. The number of anilines is 3. The van der Waals surface area contributed by atoms with Gasteiger partial charge in [-0.05, 0) is 67.1 Å². The molecule has 0 radical (unpaired) electrons. The number of rotatable bonds is 12. The number of hydrogen-bond acceptors (Lipinski definition) is 7. The van der Waals surface area contributed by atoms with Crippen molar-refractivity contribution in [3.63, 3.8) is 0 Å². The first-order chi connectivity index (χ1) is 23.0. The number of carbonyl (C=O) groups excluding carboxylic acids is 2. The van der Waals surface area contributed by atoms with Crippen LogP contribution in [-0.2, 0) is 22.4 Å². The van der Waals surface area contributed by atoms with Crippen LogP contribution in [0, 0.1) is 0 Å². The van der Waals surface area contributed by atoms with Gasteiger partial charge in [-0.1, -0.05) is 60.7 Å². The molecule has 2 amide bonds. The van der Waals surface area contributed by atoms with E-state index in [-0.39, 0.29) is 11.8 Å². The molecule has 0 bridgehead atoms. The highest BCUT2D eigenvalue weighted by Crippen LogP contribution is 2.33. The van der Waals surface area contributed by atoms with Gasteiger partial charge in [0.2, 0.25) is 17.8 Å². The molecule has 0 atom stereocenters. The van der Waals surface area contributed by atoms with Crippen LogP contribution in [0.4, 0.5) is 17.3 Å². The number of nitrogens with one attached hydrogen (secondary N) is 3. The Kier molecular flexibility index (Phi) is 9.59. The quantitative estimate of drug-likeness (QED) is 0.162. The second-order valence-electron chi connectivity index (χ2n) is 11.2. The van der Waals surface area contributed by atoms with Crippen molar-refractivity contribution in [2.75, 3.05) is 37.8 Å². The number of likely N-dealkylation sites (N-methyl/N-ethyl adjacent to an activating group) is 2. The first-order valence-corrected chi connectivity index (χ1v) is 15.5. The van der Waals surface area contributed by atoms with Gasteiger partial charge >= 0.3 is 0 Å². The van der Waals surface area contributed by atoms with E-state index in [2.05, 4.69) is 20.9 Å². The summed E-state index contributed by atoms with van der Waals surface area (Å²) < 4.78 is 2.01. The van der Waals surface area contributed by atoms with Gasteiger partial charge in [-0.2, -0.15) is 0 Å². The zero-order valence-corrected chi connectivity index (χ0v) is 26.4. The van der Waals surface area contributed by atoms with Gasteiger partial charge in [-0.15, -0.1) is 0 Å². The van der Waals surface area contributed by atoms with E-state index in [1.54, 1.807) is 18.1 Å². The zero-order valence-electron chi connectivity index (χ0n) is 26.4. The Morgan fingerprint density at radius 1 is 0.830 bits per heavy atom. The van der Waals surface area contributed by atoms with Crippen molar-refractivity contribution in [2.24, 2.45) is 0 Å². The van der Waals surface area contributed by atoms with Gasteiger partial charge in [0.25, 0.3) is 0 Å². The Balaban J connectivity index is 1.22. The fraction of sp³-hybridized carbons (Fsp3) is 0.162. The first kappa shape index (κ1) is 31.1. The molecule has 0 aliphatic rings. The van der Waals surface area contributed by atoms with E-state index in [9.17, 15) is 9.59 Å². The van der Waals surface area contributed by atoms with E-state index in [0.717, 1.165) is 45.8 Å². The third-order valence-electron chi connectivity index (χ3n) is 7.76. The largest absolute Gasteiger partial charge is 0.344 e. The van der Waals surface area contributed by atoms with Crippen molar-refractivity contribution >= 4 is 34.8 Å². The number of pyridine rings is 1. The normalized spacial score (nSPS) is 10.9. The summed E-state index contributed by atoms with van der Waals surface area (Å²) in [6, 6.07) is 33.1. The maximum absolute atomic E-state index is 12.8. The smallest absolute Gasteiger partial charge is 0.236 e. The van der Waals surface area contributed by atoms with Gasteiger partial charge < -0.3 is 20.9 Å². The summed E-state index contributed by atoms with van der Waals surface area (Å²) in [5.74, 6) is 0.428. The predicted octanol–water partition coefficient (Wildman–Crippen LogP) is 5.60. The van der Waals surface area contributed by atoms with Gasteiger partial charge in [0.15, 0.2) is 0 Å². The van der Waals surface area contributed by atoms with Crippen LogP contribution in [0.25, 0.3) is 28.3 Å². The summed E-state index contributed by atoms with van der Waals surface area (Å²) in [6.07, 6.45) is 4.74. The molecule has 0 fully saturated rings. The van der Waals surface area contributed by atoms with Crippen LogP contribution in [0.5, 0.6) is 0 Å². The number of imidazole rings is 1. The average molecular weight is 625 g/mol. The molecule has 0 saturated heterocycles. The lowest BCUT2D eigenvalue weighted by atomic mass is 10.1. The van der Waals surface area contributed by atoms with Crippen LogP contribution in [0.2, 0.25) is 0 Å². The molecule has 3 aromatic carbocycles. The van der Waals surface area contributed by atoms with Gasteiger partial charge in [-0.25, -0.2) is 15.0 Å². The van der Waals surface area contributed by atoms with Gasteiger partial charge in [0.05, 0.1) is 30.0 Å². The Labute approximate surface area is 273 Å². The molecule has 10 heteroatoms. The van der Waals surface area contributed by atoms with E-state index in [1.165, 1.54) is 0 Å². The van der Waals surface area contributed by atoms with Gasteiger partial charge in [-0.3, -0.25) is 14.0 Å². The molecule has 0 aliphatic heterocycles. The minimum atomic E-state index is -0.0879. The number of nitrogens with zero attached hydrogens (tertiary/aromatic N) is 5. The van der Waals surface area contributed by atoms with Crippen LogP contribution >= 0.6 is 0 Å². The van der Waals surface area contributed by atoms with Crippen LogP contribution in [-0.4, -0.2) is 63.3 Å². The van der Waals surface area contributed by atoms with Crippen LogP contribution in [0.15, 0.2) is 116 Å². The Morgan fingerprint density at radius 3 is 2.45 bits per heavy atom. The molecule has 236 valence electrons. The molecular weight excluding hydrogens is 588 g/mol. The van der Waals surface area contributed by atoms with Crippen molar-refractivity contribution in [1.29, 1.82) is 0 Å². The molecule has 0 saturated carbocycles. The standard InChI is InChI=1S/C37H36N8O2/c1-38-25-34(47)44(2)22-19-26-14-16-29(17-15-26)41-37-39-20-18-31(42-37)36-35(43-32-13-6-7-21-45(32)36)28-11-8-12-30(24-28)40-33(46)23-27-9-4-3-5-10-27/h3-18,20-21,24,38H,19,22-23,25H2,1-2H3,(H,40,46)(H,39,41,42). The number of aromatic nitrogens is 4. The SMILES string of the molecule is CNCC(=O)N(C)CCc1ccc(Nc2nccc(-c3c(-c4cccc(NC(=O)Cc5ccccc5)c4)nc4ccccn34)n2)cc1. The molecule has 6 rings (SSSR count). The molecule has 47 heavy (non-hydrogen) atoms. The molecule has 0 aliphatic carbocycles. The summed E-state index contributed by atoms with van der Waals surface area (Å²) in [7, 11) is 3.58. The fourth-order valence-corrected chi connectivity index (χ4v) is 5.31. The molecule has 10 nitrogen and oxygen atoms in total. The molecule has 0 unspecified atom stereocenters. The lowest BCUT2D eigenvalue weighted by molar-refractivity contribution is -0.128. The van der Waals surface area contributed by atoms with E-state index in [4.69, 9.17) is 9.97 Å². The summed E-state index contributed by atoms with van der Waals surface area (Å²) >= 11 is 0. The van der Waals surface area contributed by atoms with E-state index >= 15 is 0 Å². The predicted molar refractivity (Wildman–Crippen MR) is 185 cm³/mol. The highest BCUT2D eigenvalue weighted by molar-refractivity contribution is 5.93. The van der Waals surface area contributed by atoms with Gasteiger partial charge in [0, 0.05) is 42.9 Å². The summed E-state index contributed by atoms with van der Waals surface area (Å²) in [6.45, 7) is 0.970. The Morgan fingerprint density at radius 2 is 1.64 bits per heavy atom. The maximum Gasteiger partial charge on any atom is 0.236 e. The number of carbonyl (C=O) groups is 2. The summed E-state index contributed by atoms with van der Waals surface area (Å²) in [4.78, 5) is 40.9. The molecule has 6 aromatic rings. The first-order valence-electron chi connectivity index (χ1n) is 15.5. The number of amides is 2. The number of hydrogen-bond donors (Lipinski definition) is 3. The van der Waals surface area contributed by atoms with E-state index in [1.807, 2.05) is 121 Å². The van der Waals surface area contributed by atoms with Crippen molar-refractivity contribution in [3.05, 3.63) is 127 Å². The number of fused-ring (bicyclic) bond motifs is 1. The van der Waals surface area contributed by atoms with Crippen LogP contribution in [0.3, 0.4) is 0 Å². The van der Waals surface area contributed by atoms with Gasteiger partial charge in [0.1, 0.15) is 5.65 Å².